The zero-order chi connectivity index (χ0) is 18.2. The van der Waals surface area contributed by atoms with Gasteiger partial charge in [-0.05, 0) is 56.2 Å². The Kier molecular flexibility index (Phi) is 4.39. The number of carbonyl (C=O) groups excluding carboxylic acids is 2. The van der Waals surface area contributed by atoms with Crippen molar-refractivity contribution in [2.75, 3.05) is 18.0 Å². The molecule has 0 saturated heterocycles. The Morgan fingerprint density at radius 2 is 2.08 bits per heavy atom. The molecule has 0 spiro atoms. The van der Waals surface area contributed by atoms with Gasteiger partial charge in [0.05, 0.1) is 6.54 Å². The molecule has 0 aliphatic carbocycles. The number of nitrogens with one attached hydrogen (secondary N) is 1. The number of benzene rings is 1. The van der Waals surface area contributed by atoms with Crippen LogP contribution in [-0.4, -0.2) is 30.0 Å². The fourth-order valence-electron chi connectivity index (χ4n) is 3.04. The van der Waals surface area contributed by atoms with E-state index in [1.165, 1.54) is 6.92 Å². The van der Waals surface area contributed by atoms with Crippen LogP contribution in [0.15, 0.2) is 34.7 Å². The molecule has 0 bridgehead atoms. The van der Waals surface area contributed by atoms with Crippen LogP contribution < -0.4 is 10.2 Å². The Labute approximate surface area is 146 Å². The molecule has 6 nitrogen and oxygen atoms in total. The molecule has 132 valence electrons. The Morgan fingerprint density at radius 1 is 1.32 bits per heavy atom. The average Bonchev–Trinajstić information content (AvgIpc) is 3.18. The fraction of sp³-hybridized carbons (Fsp3) is 0.368. The molecular weight excluding hydrogens is 320 g/mol. The van der Waals surface area contributed by atoms with Crippen molar-refractivity contribution in [2.24, 2.45) is 0 Å². The first kappa shape index (κ1) is 17.2. The van der Waals surface area contributed by atoms with Crippen molar-refractivity contribution >= 4 is 17.5 Å². The third-order valence-electron chi connectivity index (χ3n) is 4.48. The highest BCUT2D eigenvalue weighted by molar-refractivity contribution is 5.97. The molecule has 0 radical (unpaired) electrons. The van der Waals surface area contributed by atoms with Crippen LogP contribution in [0.5, 0.6) is 0 Å². The maximum atomic E-state index is 12.4. The number of hydrogen-bond acceptors (Lipinski definition) is 4. The van der Waals surface area contributed by atoms with Crippen molar-refractivity contribution in [3.63, 3.8) is 0 Å². The molecule has 1 unspecified atom stereocenters. The van der Waals surface area contributed by atoms with Gasteiger partial charge in [-0.25, -0.2) is 0 Å². The Hall–Kier alpha value is -2.60. The van der Waals surface area contributed by atoms with Crippen LogP contribution in [0.25, 0.3) is 0 Å². The van der Waals surface area contributed by atoms with E-state index < -0.39 is 5.60 Å². The number of furan rings is 1. The van der Waals surface area contributed by atoms with Gasteiger partial charge in [0.15, 0.2) is 0 Å². The zero-order valence-electron chi connectivity index (χ0n) is 14.6. The summed E-state index contributed by atoms with van der Waals surface area (Å²) < 4.78 is 5.44. The molecule has 1 aliphatic rings. The minimum Gasteiger partial charge on any atom is -0.463 e. The molecule has 0 saturated carbocycles. The van der Waals surface area contributed by atoms with Gasteiger partial charge in [-0.3, -0.25) is 9.59 Å². The first-order chi connectivity index (χ1) is 11.8. The second-order valence-electron chi connectivity index (χ2n) is 6.63. The summed E-state index contributed by atoms with van der Waals surface area (Å²) in [5.41, 5.74) is 1.07. The SMILES string of the molecule is CC(=O)N1CCc2cc(C(=O)NCC(C)(O)c3ccc(C)o3)ccc21. The highest BCUT2D eigenvalue weighted by atomic mass is 16.4. The largest absolute Gasteiger partial charge is 0.463 e. The van der Waals surface area contributed by atoms with Gasteiger partial charge in [0, 0.05) is 24.7 Å². The van der Waals surface area contributed by atoms with Gasteiger partial charge in [-0.1, -0.05) is 0 Å². The highest BCUT2D eigenvalue weighted by Gasteiger charge is 2.28. The fourth-order valence-corrected chi connectivity index (χ4v) is 3.04. The van der Waals surface area contributed by atoms with Crippen molar-refractivity contribution < 1.29 is 19.1 Å². The average molecular weight is 342 g/mol. The van der Waals surface area contributed by atoms with Crippen molar-refractivity contribution in [2.45, 2.75) is 32.8 Å². The molecule has 6 heteroatoms. The number of nitrogens with zero attached hydrogens (tertiary/aromatic N) is 1. The summed E-state index contributed by atoms with van der Waals surface area (Å²) in [4.78, 5) is 25.7. The van der Waals surface area contributed by atoms with Gasteiger partial charge in [0.2, 0.25) is 5.91 Å². The summed E-state index contributed by atoms with van der Waals surface area (Å²) in [6, 6.07) is 8.77. The molecule has 1 aromatic heterocycles. The van der Waals surface area contributed by atoms with Gasteiger partial charge in [-0.15, -0.1) is 0 Å². The monoisotopic (exact) mass is 342 g/mol. The van der Waals surface area contributed by atoms with Crippen molar-refractivity contribution in [1.29, 1.82) is 0 Å². The first-order valence-electron chi connectivity index (χ1n) is 8.26. The van der Waals surface area contributed by atoms with E-state index in [-0.39, 0.29) is 18.4 Å². The summed E-state index contributed by atoms with van der Waals surface area (Å²) in [6.45, 7) is 5.61. The second-order valence-corrected chi connectivity index (χ2v) is 6.63. The van der Waals surface area contributed by atoms with Crippen LogP contribution in [0, 0.1) is 6.92 Å². The summed E-state index contributed by atoms with van der Waals surface area (Å²) in [5.74, 6) is 0.847. The number of aryl methyl sites for hydroxylation is 1. The van der Waals surface area contributed by atoms with Gasteiger partial charge in [-0.2, -0.15) is 0 Å². The van der Waals surface area contributed by atoms with E-state index >= 15 is 0 Å². The van der Waals surface area contributed by atoms with E-state index in [4.69, 9.17) is 4.42 Å². The number of amides is 2. The number of aliphatic hydroxyl groups is 1. The molecule has 0 fully saturated rings. The van der Waals surface area contributed by atoms with Crippen LogP contribution in [0.1, 0.15) is 41.3 Å². The number of hydrogen-bond donors (Lipinski definition) is 2. The van der Waals surface area contributed by atoms with Crippen LogP contribution in [-0.2, 0) is 16.8 Å². The summed E-state index contributed by atoms with van der Waals surface area (Å²) >= 11 is 0. The molecule has 2 amide bonds. The minimum atomic E-state index is -1.29. The summed E-state index contributed by atoms with van der Waals surface area (Å²) in [6.07, 6.45) is 0.736. The lowest BCUT2D eigenvalue weighted by Crippen LogP contribution is -2.38. The molecule has 1 aliphatic heterocycles. The van der Waals surface area contributed by atoms with E-state index in [9.17, 15) is 14.7 Å². The van der Waals surface area contributed by atoms with Gasteiger partial charge in [0.25, 0.3) is 5.91 Å². The third kappa shape index (κ3) is 3.44. The lowest BCUT2D eigenvalue weighted by molar-refractivity contribution is -0.116. The Bertz CT molecular complexity index is 823. The summed E-state index contributed by atoms with van der Waals surface area (Å²) in [7, 11) is 0. The lowest BCUT2D eigenvalue weighted by atomic mass is 10.0. The van der Waals surface area contributed by atoms with E-state index in [1.54, 1.807) is 49.1 Å². The molecule has 3 rings (SSSR count). The molecule has 2 heterocycles. The van der Waals surface area contributed by atoms with E-state index in [2.05, 4.69) is 5.32 Å². The standard InChI is InChI=1S/C19H22N2O4/c1-12-4-7-17(25-12)19(3,24)11-20-18(23)15-5-6-16-14(10-15)8-9-21(16)13(2)22/h4-7,10,24H,8-9,11H2,1-3H3,(H,20,23). The predicted molar refractivity (Wildman–Crippen MR) is 93.5 cm³/mol. The quantitative estimate of drug-likeness (QED) is 0.892. The molecule has 1 atom stereocenters. The van der Waals surface area contributed by atoms with Crippen LogP contribution >= 0.6 is 0 Å². The third-order valence-corrected chi connectivity index (χ3v) is 4.48. The molecule has 2 aromatic rings. The van der Waals surface area contributed by atoms with Crippen LogP contribution in [0.4, 0.5) is 5.69 Å². The Balaban J connectivity index is 1.69. The second kappa shape index (κ2) is 6.37. The topological polar surface area (TPSA) is 82.8 Å². The minimum absolute atomic E-state index is 0.000685. The number of rotatable bonds is 4. The maximum Gasteiger partial charge on any atom is 0.251 e. The zero-order valence-corrected chi connectivity index (χ0v) is 14.6. The summed E-state index contributed by atoms with van der Waals surface area (Å²) in [5, 5.41) is 13.2. The van der Waals surface area contributed by atoms with Crippen molar-refractivity contribution in [3.8, 4) is 0 Å². The normalized spacial score (nSPS) is 15.6. The van der Waals surface area contributed by atoms with Crippen molar-refractivity contribution in [3.05, 3.63) is 53.0 Å². The number of fused-ring (bicyclic) bond motifs is 1. The lowest BCUT2D eigenvalue weighted by Gasteiger charge is -2.21. The van der Waals surface area contributed by atoms with Gasteiger partial charge in [0.1, 0.15) is 17.1 Å². The number of anilines is 1. The molecular formula is C19H22N2O4. The van der Waals surface area contributed by atoms with E-state index in [0.29, 0.717) is 23.6 Å². The molecule has 25 heavy (non-hydrogen) atoms. The molecule has 2 N–H and O–H groups in total. The first-order valence-corrected chi connectivity index (χ1v) is 8.26. The predicted octanol–water partition coefficient (Wildman–Crippen LogP) is 2.13. The van der Waals surface area contributed by atoms with E-state index in [1.807, 2.05) is 0 Å². The van der Waals surface area contributed by atoms with Crippen LogP contribution in [0.3, 0.4) is 0 Å². The van der Waals surface area contributed by atoms with Gasteiger partial charge < -0.3 is 19.7 Å². The maximum absolute atomic E-state index is 12.4. The highest BCUT2D eigenvalue weighted by Crippen LogP contribution is 2.29. The molecule has 1 aromatic carbocycles. The van der Waals surface area contributed by atoms with Gasteiger partial charge >= 0.3 is 0 Å². The van der Waals surface area contributed by atoms with Crippen LogP contribution in [0.2, 0.25) is 0 Å². The number of carbonyl (C=O) groups is 2. The Morgan fingerprint density at radius 3 is 2.72 bits per heavy atom. The van der Waals surface area contributed by atoms with Crippen molar-refractivity contribution in [1.82, 2.24) is 5.32 Å². The smallest absolute Gasteiger partial charge is 0.251 e. The van der Waals surface area contributed by atoms with E-state index in [0.717, 1.165) is 17.7 Å².